The molecule has 0 saturated carbocycles. The fourth-order valence-corrected chi connectivity index (χ4v) is 4.66. The van der Waals surface area contributed by atoms with E-state index in [1.54, 1.807) is 69.2 Å². The number of carbonyl (C=O) groups is 8. The molecule has 0 saturated heterocycles. The number of hydrogen-bond donors (Lipinski definition) is 0. The molecular weight excluding hydrogens is 1160 g/mol. The number of alkyl halides is 16. The summed E-state index contributed by atoms with van der Waals surface area (Å²) in [5.41, 5.74) is -1.48. The summed E-state index contributed by atoms with van der Waals surface area (Å²) >= 11 is 0. The van der Waals surface area contributed by atoms with Crippen molar-refractivity contribution in [2.45, 2.75) is 196 Å². The third kappa shape index (κ3) is 40.0. The lowest BCUT2D eigenvalue weighted by Crippen LogP contribution is -2.37. The second-order valence-corrected chi connectivity index (χ2v) is 20.0. The highest BCUT2D eigenvalue weighted by Gasteiger charge is 2.51. The number of rotatable bonds is 32. The standard InChI is InChI=1S/2C13H20F4O4.2C12H18F4O4/c2*1-5-11(2,3)9(18)20-6-7-21-10(19)13(16,17)8-12(4,14)15;2*1-4-8(2)9(17)19-5-6-20-10(18)12(15,16)7-11(3,13)14/h2*5-8H2,1-4H3;2*8H,4-7H2,1-3H3. The molecule has 0 aliphatic carbocycles. The summed E-state index contributed by atoms with van der Waals surface area (Å²) in [6.07, 6.45) is -5.60. The summed E-state index contributed by atoms with van der Waals surface area (Å²) < 4.78 is 239. The lowest BCUT2D eigenvalue weighted by molar-refractivity contribution is -0.185. The number of esters is 8. The highest BCUT2D eigenvalue weighted by molar-refractivity contribution is 5.80. The van der Waals surface area contributed by atoms with Gasteiger partial charge in [-0.15, -0.1) is 0 Å². The molecule has 0 fully saturated rings. The Morgan fingerprint density at radius 1 is 0.293 bits per heavy atom. The van der Waals surface area contributed by atoms with E-state index >= 15 is 0 Å². The molecule has 82 heavy (non-hydrogen) atoms. The van der Waals surface area contributed by atoms with Crippen molar-refractivity contribution in [3.8, 4) is 0 Å². The SMILES string of the molecule is CCC(C)(C)C(=O)OCCOC(=O)C(F)(F)CC(C)(F)F.CCC(C)(C)C(=O)OCCOC(=O)C(F)(F)CC(C)(F)F.CCC(C)C(=O)OCCOC(=O)C(F)(F)CC(C)(F)F.CCC(C)C(=O)OCCOC(=O)C(F)(F)CC(C)(F)F. The van der Waals surface area contributed by atoms with Crippen molar-refractivity contribution >= 4 is 47.8 Å². The van der Waals surface area contributed by atoms with E-state index in [2.05, 4.69) is 28.4 Å². The lowest BCUT2D eigenvalue weighted by atomic mass is 9.91. The zero-order valence-electron chi connectivity index (χ0n) is 48.0. The van der Waals surface area contributed by atoms with Crippen LogP contribution in [0.4, 0.5) is 70.2 Å². The molecule has 0 bridgehead atoms. The largest absolute Gasteiger partial charge is 0.462 e. The van der Waals surface area contributed by atoms with Crippen LogP contribution in [0.25, 0.3) is 0 Å². The van der Waals surface area contributed by atoms with Crippen LogP contribution in [-0.4, -0.2) is 148 Å². The van der Waals surface area contributed by atoms with E-state index in [1.165, 1.54) is 0 Å². The van der Waals surface area contributed by atoms with Gasteiger partial charge in [-0.25, -0.2) is 54.3 Å². The number of hydrogen-bond acceptors (Lipinski definition) is 16. The summed E-state index contributed by atoms with van der Waals surface area (Å²) in [6, 6.07) is 0. The van der Waals surface area contributed by atoms with Gasteiger partial charge in [-0.1, -0.05) is 41.5 Å². The van der Waals surface area contributed by atoms with Crippen LogP contribution in [0.2, 0.25) is 0 Å². The normalized spacial score (nSPS) is 13.3. The van der Waals surface area contributed by atoms with Gasteiger partial charge in [0, 0.05) is 0 Å². The van der Waals surface area contributed by atoms with Crippen LogP contribution in [0.15, 0.2) is 0 Å². The first-order chi connectivity index (χ1) is 36.6. The summed E-state index contributed by atoms with van der Waals surface area (Å²) in [4.78, 5) is 89.3. The molecule has 0 heterocycles. The second kappa shape index (κ2) is 35.7. The predicted molar refractivity (Wildman–Crippen MR) is 255 cm³/mol. The van der Waals surface area contributed by atoms with Crippen molar-refractivity contribution in [2.75, 3.05) is 52.9 Å². The molecule has 0 rings (SSSR count). The molecule has 32 heteroatoms. The summed E-state index contributed by atoms with van der Waals surface area (Å²) in [6.45, 7) is 13.9. The monoisotopic (exact) mass is 1240 g/mol. The quantitative estimate of drug-likeness (QED) is 0.0265. The molecule has 0 N–H and O–H groups in total. The zero-order valence-corrected chi connectivity index (χ0v) is 48.0. The molecule has 0 aromatic heterocycles. The maximum Gasteiger partial charge on any atom is 0.377 e. The van der Waals surface area contributed by atoms with E-state index < -0.39 is 185 Å². The second-order valence-electron chi connectivity index (χ2n) is 20.0. The van der Waals surface area contributed by atoms with Gasteiger partial charge in [-0.2, -0.15) is 35.1 Å². The van der Waals surface area contributed by atoms with Crippen LogP contribution < -0.4 is 0 Å². The van der Waals surface area contributed by atoms with Gasteiger partial charge in [-0.05, 0) is 81.1 Å². The first-order valence-electron chi connectivity index (χ1n) is 25.0. The van der Waals surface area contributed by atoms with Crippen molar-refractivity contribution < 1.29 is 146 Å². The molecule has 0 aliphatic rings. The highest BCUT2D eigenvalue weighted by Crippen LogP contribution is 2.34. The van der Waals surface area contributed by atoms with Gasteiger partial charge in [-0.3, -0.25) is 19.2 Å². The number of ether oxygens (including phenoxy) is 8. The van der Waals surface area contributed by atoms with E-state index in [0.29, 0.717) is 25.7 Å². The maximum absolute atomic E-state index is 13.1. The van der Waals surface area contributed by atoms with Gasteiger partial charge >= 0.3 is 71.4 Å². The Morgan fingerprint density at radius 3 is 0.598 bits per heavy atom. The first kappa shape index (κ1) is 83.1. The minimum absolute atomic E-state index is 0.280. The Bertz CT molecular complexity index is 1840. The topological polar surface area (TPSA) is 210 Å². The minimum Gasteiger partial charge on any atom is -0.462 e. The van der Waals surface area contributed by atoms with Gasteiger partial charge in [0.05, 0.1) is 48.3 Å². The third-order valence-electron chi connectivity index (χ3n) is 10.4. The Labute approximate surface area is 464 Å². The maximum atomic E-state index is 13.1. The van der Waals surface area contributed by atoms with Crippen molar-refractivity contribution in [2.24, 2.45) is 22.7 Å². The van der Waals surface area contributed by atoms with Crippen LogP contribution in [0.3, 0.4) is 0 Å². The van der Waals surface area contributed by atoms with Crippen molar-refractivity contribution in [3.05, 3.63) is 0 Å². The molecule has 0 radical (unpaired) electrons. The summed E-state index contributed by atoms with van der Waals surface area (Å²) in [7, 11) is 0. The summed E-state index contributed by atoms with van der Waals surface area (Å²) in [5, 5.41) is 0. The van der Waals surface area contributed by atoms with Gasteiger partial charge < -0.3 is 37.9 Å². The molecule has 16 nitrogen and oxygen atoms in total. The fourth-order valence-electron chi connectivity index (χ4n) is 4.66. The van der Waals surface area contributed by atoms with E-state index in [9.17, 15) is 109 Å². The molecular formula is C50H76F16O16. The van der Waals surface area contributed by atoms with E-state index in [-0.39, 0.29) is 39.5 Å². The molecule has 0 aliphatic heterocycles. The Morgan fingerprint density at radius 2 is 0.451 bits per heavy atom. The summed E-state index contributed by atoms with van der Waals surface area (Å²) in [5.74, 6) is -43.1. The van der Waals surface area contributed by atoms with Gasteiger partial charge in [0.1, 0.15) is 52.9 Å². The Kier molecular flexibility index (Phi) is 36.2. The fraction of sp³-hybridized carbons (Fsp3) is 0.840. The lowest BCUT2D eigenvalue weighted by Gasteiger charge is -2.21. The van der Waals surface area contributed by atoms with Crippen LogP contribution in [0.5, 0.6) is 0 Å². The van der Waals surface area contributed by atoms with Crippen LogP contribution in [-0.2, 0) is 76.3 Å². The molecule has 2 unspecified atom stereocenters. The van der Waals surface area contributed by atoms with Crippen molar-refractivity contribution in [3.63, 3.8) is 0 Å². The smallest absolute Gasteiger partial charge is 0.377 e. The first-order valence-corrected chi connectivity index (χ1v) is 25.0. The average Bonchev–Trinajstić information content (AvgIpc) is 3.30. The minimum atomic E-state index is -4.29. The van der Waals surface area contributed by atoms with Crippen molar-refractivity contribution in [1.29, 1.82) is 0 Å². The van der Waals surface area contributed by atoms with Gasteiger partial charge in [0.15, 0.2) is 0 Å². The molecule has 2 atom stereocenters. The van der Waals surface area contributed by atoms with E-state index in [1.807, 2.05) is 0 Å². The molecule has 0 amide bonds. The Hall–Kier alpha value is -5.36. The van der Waals surface area contributed by atoms with Crippen LogP contribution in [0, 0.1) is 22.7 Å². The van der Waals surface area contributed by atoms with Crippen molar-refractivity contribution in [1.82, 2.24) is 0 Å². The number of halogens is 16. The number of carbonyl (C=O) groups excluding carboxylic acids is 8. The molecule has 0 aromatic carbocycles. The van der Waals surface area contributed by atoms with Gasteiger partial charge in [0.25, 0.3) is 23.7 Å². The zero-order chi connectivity index (χ0) is 65.7. The Balaban J connectivity index is -0.000000495. The average molecular weight is 1240 g/mol. The molecule has 0 aromatic rings. The predicted octanol–water partition coefficient (Wildman–Crippen LogP) is 12.0. The van der Waals surface area contributed by atoms with E-state index in [4.69, 9.17) is 9.47 Å². The van der Waals surface area contributed by atoms with Gasteiger partial charge in [0.2, 0.25) is 0 Å². The third-order valence-corrected chi connectivity index (χ3v) is 10.4. The van der Waals surface area contributed by atoms with E-state index in [0.717, 1.165) is 0 Å². The van der Waals surface area contributed by atoms with Crippen LogP contribution in [0.1, 0.15) is 148 Å². The van der Waals surface area contributed by atoms with Crippen LogP contribution >= 0.6 is 0 Å². The molecule has 0 spiro atoms. The molecule has 484 valence electrons. The highest BCUT2D eigenvalue weighted by atomic mass is 19.3.